The zero-order valence-corrected chi connectivity index (χ0v) is 13.2. The van der Waals surface area contributed by atoms with Crippen molar-refractivity contribution in [1.82, 2.24) is 10.2 Å². The molecule has 0 atom stereocenters. The van der Waals surface area contributed by atoms with Crippen LogP contribution in [0.1, 0.15) is 11.1 Å². The van der Waals surface area contributed by atoms with Crippen molar-refractivity contribution in [3.8, 4) is 29.0 Å². The molecule has 6 nitrogen and oxygen atoms in total. The number of aromatic nitrogens is 2. The second-order valence-corrected chi connectivity index (χ2v) is 5.93. The maximum atomic E-state index is 9.11. The fourth-order valence-corrected chi connectivity index (χ4v) is 3.08. The van der Waals surface area contributed by atoms with Gasteiger partial charge in [-0.05, 0) is 29.8 Å². The third-order valence-corrected chi connectivity index (χ3v) is 4.38. The zero-order valence-electron chi connectivity index (χ0n) is 12.4. The molecule has 0 radical (unpaired) electrons. The molecule has 118 valence electrons. The Balaban J connectivity index is 1.50. The average molecular weight is 337 g/mol. The van der Waals surface area contributed by atoms with Crippen molar-refractivity contribution in [2.24, 2.45) is 0 Å². The van der Waals surface area contributed by atoms with Gasteiger partial charge >= 0.3 is 0 Å². The predicted molar refractivity (Wildman–Crippen MR) is 86.6 cm³/mol. The van der Waals surface area contributed by atoms with Gasteiger partial charge in [-0.25, -0.2) is 0 Å². The first-order valence-electron chi connectivity index (χ1n) is 7.18. The van der Waals surface area contributed by atoms with Gasteiger partial charge in [-0.3, -0.25) is 0 Å². The Morgan fingerprint density at radius 2 is 1.96 bits per heavy atom. The van der Waals surface area contributed by atoms with E-state index in [9.17, 15) is 0 Å². The smallest absolute Gasteiger partial charge is 0.277 e. The molecule has 0 saturated carbocycles. The molecule has 0 saturated heterocycles. The van der Waals surface area contributed by atoms with E-state index in [0.717, 1.165) is 11.1 Å². The maximum absolute atomic E-state index is 9.11. The van der Waals surface area contributed by atoms with Gasteiger partial charge in [0.25, 0.3) is 5.22 Å². The minimum absolute atomic E-state index is 0.224. The Morgan fingerprint density at radius 3 is 2.88 bits per heavy atom. The second-order valence-electron chi connectivity index (χ2n) is 5.00. The highest BCUT2D eigenvalue weighted by Crippen LogP contribution is 2.36. The molecule has 0 fully saturated rings. The largest absolute Gasteiger partial charge is 0.454 e. The summed E-state index contributed by atoms with van der Waals surface area (Å²) in [6.07, 6.45) is 0. The highest BCUT2D eigenvalue weighted by molar-refractivity contribution is 7.98. The van der Waals surface area contributed by atoms with Gasteiger partial charge in [0.15, 0.2) is 11.5 Å². The summed E-state index contributed by atoms with van der Waals surface area (Å²) in [5.41, 5.74) is 2.37. The van der Waals surface area contributed by atoms with Gasteiger partial charge in [0.05, 0.1) is 11.6 Å². The molecule has 2 aromatic carbocycles. The highest BCUT2D eigenvalue weighted by Gasteiger charge is 2.17. The highest BCUT2D eigenvalue weighted by atomic mass is 32.2. The van der Waals surface area contributed by atoms with Crippen LogP contribution in [0, 0.1) is 11.3 Å². The van der Waals surface area contributed by atoms with Crippen LogP contribution in [0.2, 0.25) is 0 Å². The molecule has 1 aliphatic heterocycles. The maximum Gasteiger partial charge on any atom is 0.277 e. The first-order valence-corrected chi connectivity index (χ1v) is 8.16. The summed E-state index contributed by atoms with van der Waals surface area (Å²) in [5, 5.41) is 17.7. The van der Waals surface area contributed by atoms with Gasteiger partial charge in [0.1, 0.15) is 0 Å². The predicted octanol–water partition coefficient (Wildman–Crippen LogP) is 3.63. The van der Waals surface area contributed by atoms with E-state index in [0.29, 0.717) is 33.9 Å². The molecule has 0 spiro atoms. The van der Waals surface area contributed by atoms with Gasteiger partial charge in [-0.1, -0.05) is 30.0 Å². The van der Waals surface area contributed by atoms with Crippen LogP contribution in [0.15, 0.2) is 52.1 Å². The van der Waals surface area contributed by atoms with Crippen LogP contribution in [0.5, 0.6) is 11.5 Å². The van der Waals surface area contributed by atoms with E-state index in [-0.39, 0.29) is 6.79 Å². The van der Waals surface area contributed by atoms with Crippen molar-refractivity contribution in [2.45, 2.75) is 11.0 Å². The van der Waals surface area contributed by atoms with Gasteiger partial charge in [-0.2, -0.15) is 5.26 Å². The number of thioether (sulfide) groups is 1. The Morgan fingerprint density at radius 1 is 1.08 bits per heavy atom. The van der Waals surface area contributed by atoms with E-state index in [4.69, 9.17) is 19.2 Å². The number of benzene rings is 2. The Bertz CT molecular complexity index is 933. The lowest BCUT2D eigenvalue weighted by atomic mass is 10.1. The van der Waals surface area contributed by atoms with Gasteiger partial charge in [0.2, 0.25) is 12.7 Å². The normalized spacial score (nSPS) is 12.1. The number of fused-ring (bicyclic) bond motifs is 1. The van der Waals surface area contributed by atoms with Crippen LogP contribution in [-0.4, -0.2) is 17.0 Å². The Hall–Kier alpha value is -2.98. The fourth-order valence-electron chi connectivity index (χ4n) is 2.31. The van der Waals surface area contributed by atoms with Gasteiger partial charge in [-0.15, -0.1) is 10.2 Å². The first-order chi connectivity index (χ1) is 11.8. The lowest BCUT2D eigenvalue weighted by molar-refractivity contribution is 0.174. The number of hydrogen-bond donors (Lipinski definition) is 0. The molecule has 24 heavy (non-hydrogen) atoms. The molecule has 7 heteroatoms. The van der Waals surface area contributed by atoms with Crippen LogP contribution < -0.4 is 9.47 Å². The summed E-state index contributed by atoms with van der Waals surface area (Å²) in [7, 11) is 0. The summed E-state index contributed by atoms with van der Waals surface area (Å²) < 4.78 is 16.3. The van der Waals surface area contributed by atoms with Crippen LogP contribution in [-0.2, 0) is 5.75 Å². The average Bonchev–Trinajstić information content (AvgIpc) is 3.28. The molecule has 0 amide bonds. The molecule has 0 unspecified atom stereocenters. The molecule has 4 rings (SSSR count). The summed E-state index contributed by atoms with van der Waals surface area (Å²) in [5.74, 6) is 2.39. The molecular weight excluding hydrogens is 326 g/mol. The molecule has 0 aliphatic carbocycles. The van der Waals surface area contributed by atoms with Crippen molar-refractivity contribution in [2.75, 3.05) is 6.79 Å². The molecule has 3 aromatic rings. The fraction of sp³-hybridized carbons (Fsp3) is 0.118. The van der Waals surface area contributed by atoms with Crippen molar-refractivity contribution >= 4 is 11.8 Å². The zero-order chi connectivity index (χ0) is 16.4. The number of rotatable bonds is 4. The Kier molecular flexibility index (Phi) is 3.81. The van der Waals surface area contributed by atoms with Crippen molar-refractivity contribution in [1.29, 1.82) is 5.26 Å². The molecule has 0 bridgehead atoms. The van der Waals surface area contributed by atoms with Crippen LogP contribution in [0.4, 0.5) is 0 Å². The van der Waals surface area contributed by atoms with Gasteiger partial charge < -0.3 is 13.9 Å². The first kappa shape index (κ1) is 14.6. The quantitative estimate of drug-likeness (QED) is 0.672. The molecule has 2 heterocycles. The summed E-state index contributed by atoms with van der Waals surface area (Å²) in [6, 6.07) is 15.1. The number of ether oxygens (including phenoxy) is 2. The lowest BCUT2D eigenvalue weighted by Gasteiger charge is -2.00. The van der Waals surface area contributed by atoms with Crippen LogP contribution >= 0.6 is 11.8 Å². The minimum atomic E-state index is 0.224. The van der Waals surface area contributed by atoms with E-state index in [1.807, 2.05) is 36.4 Å². The van der Waals surface area contributed by atoms with E-state index in [1.165, 1.54) is 11.8 Å². The number of hydrogen-bond acceptors (Lipinski definition) is 7. The monoisotopic (exact) mass is 337 g/mol. The van der Waals surface area contributed by atoms with Crippen molar-refractivity contribution < 1.29 is 13.9 Å². The summed E-state index contributed by atoms with van der Waals surface area (Å²) in [6.45, 7) is 0.224. The van der Waals surface area contributed by atoms with E-state index in [1.54, 1.807) is 6.07 Å². The van der Waals surface area contributed by atoms with Crippen LogP contribution in [0.25, 0.3) is 11.5 Å². The summed E-state index contributed by atoms with van der Waals surface area (Å²) >= 11 is 1.40. The SMILES string of the molecule is N#Cc1ccccc1CSc1nnc(-c2ccc3c(c2)OCO3)o1. The molecule has 1 aliphatic rings. The lowest BCUT2D eigenvalue weighted by Crippen LogP contribution is -1.92. The van der Waals surface area contributed by atoms with E-state index >= 15 is 0 Å². The standard InChI is InChI=1S/C17H11N3O3S/c18-8-12-3-1-2-4-13(12)9-24-17-20-19-16(23-17)11-5-6-14-15(7-11)22-10-21-14/h1-7H,9-10H2. The van der Waals surface area contributed by atoms with Crippen molar-refractivity contribution in [3.63, 3.8) is 0 Å². The number of nitrogens with zero attached hydrogens (tertiary/aromatic N) is 3. The topological polar surface area (TPSA) is 81.2 Å². The molecule has 0 N–H and O–H groups in total. The van der Waals surface area contributed by atoms with Crippen LogP contribution in [0.3, 0.4) is 0 Å². The minimum Gasteiger partial charge on any atom is -0.454 e. The number of nitriles is 1. The molecule has 1 aromatic heterocycles. The second kappa shape index (κ2) is 6.26. The van der Waals surface area contributed by atoms with E-state index in [2.05, 4.69) is 16.3 Å². The van der Waals surface area contributed by atoms with Gasteiger partial charge in [0, 0.05) is 11.3 Å². The molecular formula is C17H11N3O3S. The third-order valence-electron chi connectivity index (χ3n) is 3.51. The van der Waals surface area contributed by atoms with E-state index < -0.39 is 0 Å². The summed E-state index contributed by atoms with van der Waals surface area (Å²) in [4.78, 5) is 0. The Labute approximate surface area is 142 Å². The third kappa shape index (κ3) is 2.79. The van der Waals surface area contributed by atoms with Crippen molar-refractivity contribution in [3.05, 3.63) is 53.6 Å².